The third kappa shape index (κ3) is 3.02. The van der Waals surface area contributed by atoms with Gasteiger partial charge in [0, 0.05) is 11.6 Å². The Bertz CT molecular complexity index is 1230. The number of ether oxygens (including phenoxy) is 1. The third-order valence-electron chi connectivity index (χ3n) is 4.75. The molecule has 1 aromatic heterocycles. The van der Waals surface area contributed by atoms with Crippen LogP contribution in [0.2, 0.25) is 0 Å². The Kier molecular flexibility index (Phi) is 3.80. The topological polar surface area (TPSA) is 22.1 Å². The average Bonchev–Trinajstić information content (AvgIpc) is 2.74. The van der Waals surface area contributed by atoms with Crippen LogP contribution in [-0.2, 0) is 0 Å². The Hall–Kier alpha value is -3.65. The highest BCUT2D eigenvalue weighted by Gasteiger charge is 2.08. The van der Waals surface area contributed by atoms with Crippen LogP contribution in [0.25, 0.3) is 32.7 Å². The second kappa shape index (κ2) is 6.58. The molecule has 1 heterocycles. The summed E-state index contributed by atoms with van der Waals surface area (Å²) in [5, 5.41) is 4.52. The van der Waals surface area contributed by atoms with Crippen molar-refractivity contribution in [1.82, 2.24) is 4.98 Å². The van der Waals surface area contributed by atoms with Crippen LogP contribution < -0.4 is 4.74 Å². The van der Waals surface area contributed by atoms with Gasteiger partial charge in [0.05, 0.1) is 0 Å². The molecular formula is C25H17NO. The van der Waals surface area contributed by atoms with Crippen LogP contribution in [0.3, 0.4) is 0 Å². The van der Waals surface area contributed by atoms with Crippen LogP contribution in [0.4, 0.5) is 0 Å². The lowest BCUT2D eigenvalue weighted by Crippen LogP contribution is -1.89. The predicted octanol–water partition coefficient (Wildman–Crippen LogP) is 6.85. The van der Waals surface area contributed by atoms with E-state index in [1.54, 1.807) is 6.20 Å². The molecule has 0 amide bonds. The molecule has 0 aliphatic heterocycles. The van der Waals surface area contributed by atoms with Crippen LogP contribution in [0, 0.1) is 0 Å². The number of nitrogens with zero attached hydrogens (tertiary/aromatic N) is 1. The molecule has 2 nitrogen and oxygen atoms in total. The molecule has 0 unspecified atom stereocenters. The monoisotopic (exact) mass is 347 g/mol. The second-order valence-electron chi connectivity index (χ2n) is 6.53. The molecule has 0 bridgehead atoms. The fourth-order valence-corrected chi connectivity index (χ4v) is 3.38. The summed E-state index contributed by atoms with van der Waals surface area (Å²) in [6.07, 6.45) is 1.80. The first-order valence-corrected chi connectivity index (χ1v) is 8.98. The van der Waals surface area contributed by atoms with Gasteiger partial charge >= 0.3 is 0 Å². The van der Waals surface area contributed by atoms with Gasteiger partial charge in [-0.05, 0) is 63.7 Å². The van der Waals surface area contributed by atoms with Crippen LogP contribution in [0.1, 0.15) is 0 Å². The smallest absolute Gasteiger partial charge is 0.227 e. The highest BCUT2D eigenvalue weighted by Crippen LogP contribution is 2.32. The number of pyridine rings is 1. The summed E-state index contributed by atoms with van der Waals surface area (Å²) in [6.45, 7) is 0. The molecule has 0 radical (unpaired) electrons. The van der Waals surface area contributed by atoms with Crippen molar-refractivity contribution in [1.29, 1.82) is 0 Å². The van der Waals surface area contributed by atoms with Crippen LogP contribution in [0.15, 0.2) is 103 Å². The minimum Gasteiger partial charge on any atom is -0.438 e. The van der Waals surface area contributed by atoms with Gasteiger partial charge in [0.25, 0.3) is 0 Å². The fraction of sp³-hybridized carbons (Fsp3) is 0. The number of aromatic nitrogens is 1. The molecule has 0 atom stereocenters. The van der Waals surface area contributed by atoms with Crippen molar-refractivity contribution < 1.29 is 4.74 Å². The molecule has 4 aromatic carbocycles. The van der Waals surface area contributed by atoms with Gasteiger partial charge in [0.2, 0.25) is 5.88 Å². The van der Waals surface area contributed by atoms with E-state index in [0.29, 0.717) is 5.88 Å². The van der Waals surface area contributed by atoms with Crippen molar-refractivity contribution in [3.05, 3.63) is 103 Å². The van der Waals surface area contributed by atoms with Crippen molar-refractivity contribution in [3.63, 3.8) is 0 Å². The molecule has 0 aliphatic rings. The zero-order valence-electron chi connectivity index (χ0n) is 14.7. The number of fused-ring (bicyclic) bond motifs is 2. The summed E-state index contributed by atoms with van der Waals surface area (Å²) in [7, 11) is 0. The molecule has 27 heavy (non-hydrogen) atoms. The number of hydrogen-bond acceptors (Lipinski definition) is 2. The SMILES string of the molecule is c1ccc(Oc2nccc3cc4cc(-c5ccccc5)ccc4cc23)cc1. The molecule has 0 saturated carbocycles. The Balaban J connectivity index is 1.63. The normalized spacial score (nSPS) is 11.0. The molecule has 5 rings (SSSR count). The van der Waals surface area contributed by atoms with Crippen LogP contribution >= 0.6 is 0 Å². The molecule has 0 N–H and O–H groups in total. The molecule has 0 fully saturated rings. The lowest BCUT2D eigenvalue weighted by atomic mass is 9.99. The highest BCUT2D eigenvalue weighted by atomic mass is 16.5. The zero-order chi connectivity index (χ0) is 18.1. The van der Waals surface area contributed by atoms with Crippen molar-refractivity contribution in [2.75, 3.05) is 0 Å². The number of hydrogen-bond donors (Lipinski definition) is 0. The largest absolute Gasteiger partial charge is 0.438 e. The fourth-order valence-electron chi connectivity index (χ4n) is 3.38. The Morgan fingerprint density at radius 3 is 2.15 bits per heavy atom. The highest BCUT2D eigenvalue weighted by molar-refractivity contribution is 6.01. The van der Waals surface area contributed by atoms with Gasteiger partial charge < -0.3 is 4.74 Å². The molecule has 128 valence electrons. The standard InChI is InChI=1S/C25H17NO/c1-3-7-18(8-4-1)19-11-12-20-17-24-21(16-22(20)15-19)13-14-26-25(24)27-23-9-5-2-6-10-23/h1-17H. The Morgan fingerprint density at radius 1 is 0.556 bits per heavy atom. The lowest BCUT2D eigenvalue weighted by Gasteiger charge is -2.10. The summed E-state index contributed by atoms with van der Waals surface area (Å²) >= 11 is 0. The summed E-state index contributed by atoms with van der Waals surface area (Å²) in [6, 6.07) is 33.2. The molecule has 5 aromatic rings. The Morgan fingerprint density at radius 2 is 1.33 bits per heavy atom. The number of para-hydroxylation sites is 1. The van der Waals surface area contributed by atoms with E-state index in [2.05, 4.69) is 59.6 Å². The van der Waals surface area contributed by atoms with Gasteiger partial charge in [-0.15, -0.1) is 0 Å². The third-order valence-corrected chi connectivity index (χ3v) is 4.75. The van der Waals surface area contributed by atoms with E-state index in [4.69, 9.17) is 4.74 Å². The van der Waals surface area contributed by atoms with Gasteiger partial charge in [-0.25, -0.2) is 4.98 Å². The van der Waals surface area contributed by atoms with Gasteiger partial charge in [0.15, 0.2) is 0 Å². The maximum absolute atomic E-state index is 6.02. The molecular weight excluding hydrogens is 330 g/mol. The van der Waals surface area contributed by atoms with E-state index in [9.17, 15) is 0 Å². The van der Waals surface area contributed by atoms with Crippen molar-refractivity contribution in [2.24, 2.45) is 0 Å². The number of rotatable bonds is 3. The quantitative estimate of drug-likeness (QED) is 0.333. The van der Waals surface area contributed by atoms with E-state index in [1.807, 2.05) is 42.5 Å². The first kappa shape index (κ1) is 15.6. The zero-order valence-corrected chi connectivity index (χ0v) is 14.7. The molecule has 0 aliphatic carbocycles. The molecule has 0 saturated heterocycles. The van der Waals surface area contributed by atoms with E-state index >= 15 is 0 Å². The lowest BCUT2D eigenvalue weighted by molar-refractivity contribution is 0.469. The maximum atomic E-state index is 6.02. The van der Waals surface area contributed by atoms with E-state index in [-0.39, 0.29) is 0 Å². The molecule has 0 spiro atoms. The van der Waals surface area contributed by atoms with E-state index in [1.165, 1.54) is 21.9 Å². The van der Waals surface area contributed by atoms with Crippen molar-refractivity contribution in [2.45, 2.75) is 0 Å². The average molecular weight is 347 g/mol. The van der Waals surface area contributed by atoms with Crippen LogP contribution in [0.5, 0.6) is 11.6 Å². The van der Waals surface area contributed by atoms with Gasteiger partial charge in [-0.2, -0.15) is 0 Å². The predicted molar refractivity (Wildman–Crippen MR) is 111 cm³/mol. The minimum absolute atomic E-state index is 0.632. The van der Waals surface area contributed by atoms with Crippen molar-refractivity contribution in [3.8, 4) is 22.8 Å². The first-order chi connectivity index (χ1) is 13.4. The summed E-state index contributed by atoms with van der Waals surface area (Å²) in [5.74, 6) is 1.42. The van der Waals surface area contributed by atoms with E-state index in [0.717, 1.165) is 16.5 Å². The maximum Gasteiger partial charge on any atom is 0.227 e. The van der Waals surface area contributed by atoms with Crippen molar-refractivity contribution >= 4 is 21.5 Å². The van der Waals surface area contributed by atoms with Gasteiger partial charge in [-0.3, -0.25) is 0 Å². The summed E-state index contributed by atoms with van der Waals surface area (Å²) in [5.41, 5.74) is 2.44. The summed E-state index contributed by atoms with van der Waals surface area (Å²) in [4.78, 5) is 4.45. The first-order valence-electron chi connectivity index (χ1n) is 8.98. The van der Waals surface area contributed by atoms with Gasteiger partial charge in [0.1, 0.15) is 5.75 Å². The Labute approximate surface area is 157 Å². The minimum atomic E-state index is 0.632. The van der Waals surface area contributed by atoms with Crippen LogP contribution in [-0.4, -0.2) is 4.98 Å². The molecule has 2 heteroatoms. The number of benzene rings is 4. The summed E-state index contributed by atoms with van der Waals surface area (Å²) < 4.78 is 6.02. The van der Waals surface area contributed by atoms with Gasteiger partial charge in [-0.1, -0.05) is 60.7 Å². The van der Waals surface area contributed by atoms with E-state index < -0.39 is 0 Å². The second-order valence-corrected chi connectivity index (χ2v) is 6.53.